The fourth-order valence-corrected chi connectivity index (χ4v) is 3.61. The van der Waals surface area contributed by atoms with E-state index in [0.717, 1.165) is 43.1 Å². The van der Waals surface area contributed by atoms with Crippen molar-refractivity contribution in [3.05, 3.63) is 29.8 Å². The van der Waals surface area contributed by atoms with Gasteiger partial charge >= 0.3 is 5.97 Å². The molecule has 2 aromatic heterocycles. The number of fused-ring (bicyclic) bond motifs is 2. The van der Waals surface area contributed by atoms with Gasteiger partial charge in [-0.15, -0.1) is 0 Å². The molecule has 0 fully saturated rings. The summed E-state index contributed by atoms with van der Waals surface area (Å²) in [6.07, 6.45) is 8.71. The summed E-state index contributed by atoms with van der Waals surface area (Å²) in [5.41, 5.74) is 9.51. The molecule has 0 bridgehead atoms. The predicted octanol–water partition coefficient (Wildman–Crippen LogP) is 5.48. The average molecular weight is 397 g/mol. The highest BCUT2D eigenvalue weighted by Crippen LogP contribution is 2.29. The summed E-state index contributed by atoms with van der Waals surface area (Å²) in [5, 5.41) is 0. The number of hydrogen-bond donors (Lipinski definition) is 1. The summed E-state index contributed by atoms with van der Waals surface area (Å²) < 4.78 is 7.47. The van der Waals surface area contributed by atoms with Crippen LogP contribution in [0.15, 0.2) is 24.3 Å². The van der Waals surface area contributed by atoms with Gasteiger partial charge in [-0.3, -0.25) is 0 Å². The number of para-hydroxylation sites is 2. The standard InChI is InChI=1S/C23H32N4O2/c1-3-5-7-8-12-16-29-23(28)19-20-22(27(21(19)24)15-11-6-4-2)26-18-14-10-9-13-17(18)25-20/h9-10,13-14H,3-8,11-12,15-16,24H2,1-2H3. The number of anilines is 1. The largest absolute Gasteiger partial charge is 0.462 e. The number of aryl methyl sites for hydroxylation is 1. The molecule has 0 amide bonds. The van der Waals surface area contributed by atoms with E-state index in [0.29, 0.717) is 35.7 Å². The van der Waals surface area contributed by atoms with Gasteiger partial charge in [-0.05, 0) is 25.0 Å². The molecular weight excluding hydrogens is 364 g/mol. The van der Waals surface area contributed by atoms with Crippen LogP contribution in [0.2, 0.25) is 0 Å². The average Bonchev–Trinajstić information content (AvgIpc) is 2.99. The Morgan fingerprint density at radius 3 is 2.34 bits per heavy atom. The van der Waals surface area contributed by atoms with Crippen molar-refractivity contribution >= 4 is 34.0 Å². The van der Waals surface area contributed by atoms with Crippen molar-refractivity contribution < 1.29 is 9.53 Å². The van der Waals surface area contributed by atoms with Crippen LogP contribution >= 0.6 is 0 Å². The zero-order valence-corrected chi connectivity index (χ0v) is 17.6. The van der Waals surface area contributed by atoms with E-state index in [1.165, 1.54) is 19.3 Å². The van der Waals surface area contributed by atoms with Crippen molar-refractivity contribution in [3.8, 4) is 0 Å². The van der Waals surface area contributed by atoms with E-state index in [2.05, 4.69) is 13.8 Å². The highest BCUT2D eigenvalue weighted by molar-refractivity contribution is 6.08. The molecule has 0 atom stereocenters. The lowest BCUT2D eigenvalue weighted by Gasteiger charge is -2.07. The smallest absolute Gasteiger partial charge is 0.344 e. The van der Waals surface area contributed by atoms with Gasteiger partial charge in [0.2, 0.25) is 0 Å². The molecule has 0 radical (unpaired) electrons. The molecule has 6 heteroatoms. The maximum atomic E-state index is 12.9. The zero-order valence-electron chi connectivity index (χ0n) is 17.6. The van der Waals surface area contributed by atoms with Crippen LogP contribution in [0.5, 0.6) is 0 Å². The Morgan fingerprint density at radius 1 is 0.966 bits per heavy atom. The van der Waals surface area contributed by atoms with Gasteiger partial charge in [-0.2, -0.15) is 0 Å². The third-order valence-electron chi connectivity index (χ3n) is 5.26. The summed E-state index contributed by atoms with van der Waals surface area (Å²) in [7, 11) is 0. The number of carbonyl (C=O) groups is 1. The van der Waals surface area contributed by atoms with Crippen LogP contribution in [0.25, 0.3) is 22.2 Å². The molecule has 3 aromatic rings. The first-order valence-corrected chi connectivity index (χ1v) is 10.9. The van der Waals surface area contributed by atoms with Gasteiger partial charge in [0, 0.05) is 6.54 Å². The van der Waals surface area contributed by atoms with Crippen LogP contribution in [0.3, 0.4) is 0 Å². The fraction of sp³-hybridized carbons (Fsp3) is 0.522. The molecular formula is C23H32N4O2. The first kappa shape index (κ1) is 21.1. The minimum atomic E-state index is -0.401. The normalized spacial score (nSPS) is 11.4. The minimum absolute atomic E-state index is 0.350. The number of carbonyl (C=O) groups excluding carboxylic acids is 1. The SMILES string of the molecule is CCCCCCCOC(=O)c1c(N)n(CCCCC)c2nc3ccccc3nc12. The van der Waals surface area contributed by atoms with Crippen molar-refractivity contribution in [2.75, 3.05) is 12.3 Å². The van der Waals surface area contributed by atoms with Crippen LogP contribution in [-0.2, 0) is 11.3 Å². The summed E-state index contributed by atoms with van der Waals surface area (Å²) >= 11 is 0. The highest BCUT2D eigenvalue weighted by atomic mass is 16.5. The Morgan fingerprint density at radius 2 is 1.62 bits per heavy atom. The molecule has 0 saturated carbocycles. The van der Waals surface area contributed by atoms with E-state index in [1.807, 2.05) is 28.8 Å². The highest BCUT2D eigenvalue weighted by Gasteiger charge is 2.24. The Hall–Kier alpha value is -2.63. The van der Waals surface area contributed by atoms with Gasteiger partial charge in [-0.25, -0.2) is 14.8 Å². The number of nitrogens with two attached hydrogens (primary N) is 1. The zero-order chi connectivity index (χ0) is 20.6. The molecule has 0 spiro atoms. The van der Waals surface area contributed by atoms with Crippen molar-refractivity contribution in [1.29, 1.82) is 0 Å². The van der Waals surface area contributed by atoms with Crippen LogP contribution in [0.4, 0.5) is 5.82 Å². The van der Waals surface area contributed by atoms with Crippen LogP contribution in [-0.4, -0.2) is 27.1 Å². The Labute approximate surface area is 172 Å². The maximum Gasteiger partial charge on any atom is 0.344 e. The molecule has 0 saturated heterocycles. The van der Waals surface area contributed by atoms with Gasteiger partial charge in [-0.1, -0.05) is 64.5 Å². The first-order chi connectivity index (χ1) is 14.2. The monoisotopic (exact) mass is 396 g/mol. The van der Waals surface area contributed by atoms with Crippen molar-refractivity contribution in [2.24, 2.45) is 0 Å². The van der Waals surface area contributed by atoms with Crippen molar-refractivity contribution in [3.63, 3.8) is 0 Å². The van der Waals surface area contributed by atoms with E-state index in [4.69, 9.17) is 20.4 Å². The molecule has 0 unspecified atom stereocenters. The summed E-state index contributed by atoms with van der Waals surface area (Å²) in [6, 6.07) is 7.67. The fourth-order valence-electron chi connectivity index (χ4n) is 3.61. The molecule has 0 aliphatic rings. The molecule has 2 heterocycles. The van der Waals surface area contributed by atoms with Crippen LogP contribution < -0.4 is 5.73 Å². The van der Waals surface area contributed by atoms with Crippen molar-refractivity contribution in [2.45, 2.75) is 71.8 Å². The third-order valence-corrected chi connectivity index (χ3v) is 5.26. The molecule has 29 heavy (non-hydrogen) atoms. The molecule has 2 N–H and O–H groups in total. The number of ether oxygens (including phenoxy) is 1. The second-order valence-corrected chi connectivity index (χ2v) is 7.55. The number of hydrogen-bond acceptors (Lipinski definition) is 5. The quantitative estimate of drug-likeness (QED) is 0.342. The second-order valence-electron chi connectivity index (χ2n) is 7.55. The number of nitrogen functional groups attached to an aromatic ring is 1. The molecule has 156 valence electrons. The van der Waals surface area contributed by atoms with Crippen LogP contribution in [0.1, 0.15) is 75.6 Å². The lowest BCUT2D eigenvalue weighted by atomic mass is 10.2. The van der Waals surface area contributed by atoms with E-state index in [1.54, 1.807) is 0 Å². The number of esters is 1. The molecule has 3 rings (SSSR count). The number of nitrogens with zero attached hydrogens (tertiary/aromatic N) is 3. The van der Waals surface area contributed by atoms with Gasteiger partial charge in [0.1, 0.15) is 16.9 Å². The number of rotatable bonds is 11. The number of unbranched alkanes of at least 4 members (excludes halogenated alkanes) is 6. The summed E-state index contributed by atoms with van der Waals surface area (Å²) in [6.45, 7) is 5.47. The maximum absolute atomic E-state index is 12.9. The van der Waals surface area contributed by atoms with Crippen molar-refractivity contribution in [1.82, 2.24) is 14.5 Å². The molecule has 1 aromatic carbocycles. The second kappa shape index (κ2) is 10.2. The van der Waals surface area contributed by atoms with Gasteiger partial charge in [0.25, 0.3) is 0 Å². The topological polar surface area (TPSA) is 83.0 Å². The van der Waals surface area contributed by atoms with Crippen LogP contribution in [0, 0.1) is 0 Å². The van der Waals surface area contributed by atoms with Gasteiger partial charge < -0.3 is 15.0 Å². The number of aromatic nitrogens is 3. The predicted molar refractivity (Wildman–Crippen MR) is 118 cm³/mol. The minimum Gasteiger partial charge on any atom is -0.462 e. The number of benzene rings is 1. The molecule has 0 aliphatic carbocycles. The first-order valence-electron chi connectivity index (χ1n) is 10.9. The van der Waals surface area contributed by atoms with E-state index in [9.17, 15) is 4.79 Å². The lowest BCUT2D eigenvalue weighted by molar-refractivity contribution is 0.0501. The molecule has 6 nitrogen and oxygen atoms in total. The van der Waals surface area contributed by atoms with E-state index < -0.39 is 5.97 Å². The Kier molecular flexibility index (Phi) is 7.44. The summed E-state index contributed by atoms with van der Waals surface area (Å²) in [4.78, 5) is 22.3. The third kappa shape index (κ3) is 4.86. The summed E-state index contributed by atoms with van der Waals surface area (Å²) in [5.74, 6) is 0.00389. The lowest BCUT2D eigenvalue weighted by Crippen LogP contribution is -2.11. The van der Waals surface area contributed by atoms with E-state index in [-0.39, 0.29) is 0 Å². The molecule has 0 aliphatic heterocycles. The van der Waals surface area contributed by atoms with Gasteiger partial charge in [0.05, 0.1) is 17.6 Å². The van der Waals surface area contributed by atoms with Gasteiger partial charge in [0.15, 0.2) is 5.65 Å². The van der Waals surface area contributed by atoms with E-state index >= 15 is 0 Å². The Bertz CT molecular complexity index is 964. The Balaban J connectivity index is 1.89.